The number of rotatable bonds is 4. The third-order valence-electron chi connectivity index (χ3n) is 3.81. The molecule has 1 fully saturated rings. The molecule has 0 unspecified atom stereocenters. The van der Waals surface area contributed by atoms with Crippen LogP contribution in [0.3, 0.4) is 0 Å². The fraction of sp³-hybridized carbons (Fsp3) is 0.353. The summed E-state index contributed by atoms with van der Waals surface area (Å²) in [6, 6.07) is 6.99. The molecule has 0 radical (unpaired) electrons. The molecule has 8 heteroatoms. The normalized spacial score (nSPS) is 14.3. The molecular weight excluding hydrogens is 342 g/mol. The minimum absolute atomic E-state index is 0.0516. The van der Waals surface area contributed by atoms with Crippen molar-refractivity contribution in [2.45, 2.75) is 6.92 Å². The molecule has 0 saturated carbocycles. The molecule has 0 N–H and O–H groups in total. The highest BCUT2D eigenvalue weighted by atomic mass is 32.1. The van der Waals surface area contributed by atoms with E-state index in [1.807, 2.05) is 5.38 Å². The van der Waals surface area contributed by atoms with Gasteiger partial charge in [-0.05, 0) is 31.2 Å². The van der Waals surface area contributed by atoms with Crippen LogP contribution in [0.25, 0.3) is 0 Å². The van der Waals surface area contributed by atoms with Crippen LogP contribution in [0.15, 0.2) is 35.8 Å². The average molecular weight is 361 g/mol. The Balaban J connectivity index is 1.55. The van der Waals surface area contributed by atoms with Crippen LogP contribution in [0, 0.1) is 0 Å². The quantitative estimate of drug-likeness (QED) is 0.837. The molecule has 132 valence electrons. The van der Waals surface area contributed by atoms with Gasteiger partial charge in [-0.2, -0.15) is 0 Å². The predicted octanol–water partition coefficient (Wildman–Crippen LogP) is 2.85. The second-order valence-corrected chi connectivity index (χ2v) is 6.26. The van der Waals surface area contributed by atoms with Crippen molar-refractivity contribution in [1.29, 1.82) is 0 Å². The molecule has 25 heavy (non-hydrogen) atoms. The van der Waals surface area contributed by atoms with E-state index in [2.05, 4.69) is 4.98 Å². The Bertz CT molecular complexity index is 710. The minimum Gasteiger partial charge on any atom is -0.450 e. The van der Waals surface area contributed by atoms with Gasteiger partial charge in [-0.15, -0.1) is 0 Å². The minimum atomic E-state index is -0.321. The number of carbonyl (C=O) groups excluding carboxylic acids is 2. The second kappa shape index (κ2) is 7.98. The number of piperazine rings is 1. The van der Waals surface area contributed by atoms with Gasteiger partial charge < -0.3 is 19.3 Å². The number of benzene rings is 1. The Morgan fingerprint density at radius 2 is 1.80 bits per heavy atom. The zero-order valence-electron chi connectivity index (χ0n) is 13.9. The Kier molecular flexibility index (Phi) is 5.49. The van der Waals surface area contributed by atoms with E-state index in [-0.39, 0.29) is 12.0 Å². The molecule has 1 aromatic carbocycles. The van der Waals surface area contributed by atoms with Gasteiger partial charge in [0.25, 0.3) is 11.1 Å². The number of aromatic nitrogens is 1. The first kappa shape index (κ1) is 17.2. The van der Waals surface area contributed by atoms with Crippen LogP contribution >= 0.6 is 11.3 Å². The van der Waals surface area contributed by atoms with Gasteiger partial charge in [-0.3, -0.25) is 4.79 Å². The number of carbonyl (C=O) groups is 2. The number of nitrogens with zero attached hydrogens (tertiary/aromatic N) is 3. The van der Waals surface area contributed by atoms with E-state index in [1.165, 1.54) is 11.3 Å². The van der Waals surface area contributed by atoms with Crippen molar-refractivity contribution in [2.24, 2.45) is 0 Å². The van der Waals surface area contributed by atoms with Gasteiger partial charge >= 0.3 is 6.09 Å². The third-order valence-corrected chi connectivity index (χ3v) is 4.46. The lowest BCUT2D eigenvalue weighted by molar-refractivity contribution is 0.0570. The maximum Gasteiger partial charge on any atom is 0.409 e. The standard InChI is InChI=1S/C17H19N3O4S/c1-2-23-17(22)20-10-8-19(9-11-20)15(21)13-3-5-14(6-4-13)24-16-18-7-12-25-16/h3-7,12H,2,8-11H2,1H3. The highest BCUT2D eigenvalue weighted by molar-refractivity contribution is 7.11. The SMILES string of the molecule is CCOC(=O)N1CCN(C(=O)c2ccc(Oc3nccs3)cc2)CC1. The summed E-state index contributed by atoms with van der Waals surface area (Å²) in [5.74, 6) is 0.586. The molecular formula is C17H19N3O4S. The summed E-state index contributed by atoms with van der Waals surface area (Å²) in [4.78, 5) is 31.7. The summed E-state index contributed by atoms with van der Waals surface area (Å²) >= 11 is 1.41. The summed E-state index contributed by atoms with van der Waals surface area (Å²) < 4.78 is 10.6. The van der Waals surface area contributed by atoms with Gasteiger partial charge in [0.15, 0.2) is 0 Å². The number of hydrogen-bond acceptors (Lipinski definition) is 6. The molecule has 7 nitrogen and oxygen atoms in total. The van der Waals surface area contributed by atoms with Crippen LogP contribution in [0.1, 0.15) is 17.3 Å². The van der Waals surface area contributed by atoms with Crippen LogP contribution in [0.5, 0.6) is 10.9 Å². The number of amides is 2. The van der Waals surface area contributed by atoms with E-state index < -0.39 is 0 Å². The highest BCUT2D eigenvalue weighted by Gasteiger charge is 2.25. The summed E-state index contributed by atoms with van der Waals surface area (Å²) in [7, 11) is 0. The molecule has 0 bridgehead atoms. The first-order chi connectivity index (χ1) is 12.2. The molecule has 2 heterocycles. The van der Waals surface area contributed by atoms with E-state index in [9.17, 15) is 9.59 Å². The van der Waals surface area contributed by atoms with Crippen LogP contribution < -0.4 is 4.74 Å². The van der Waals surface area contributed by atoms with Gasteiger partial charge in [-0.1, -0.05) is 11.3 Å². The van der Waals surface area contributed by atoms with Gasteiger partial charge in [0.2, 0.25) is 0 Å². The summed E-state index contributed by atoms with van der Waals surface area (Å²) in [5, 5.41) is 2.40. The molecule has 2 amide bonds. The number of ether oxygens (including phenoxy) is 2. The molecule has 1 aliphatic heterocycles. The zero-order chi connectivity index (χ0) is 17.6. The van der Waals surface area contributed by atoms with Gasteiger partial charge in [0.05, 0.1) is 6.61 Å². The van der Waals surface area contributed by atoms with Crippen molar-refractivity contribution < 1.29 is 19.1 Å². The summed E-state index contributed by atoms with van der Waals surface area (Å²) in [6.45, 7) is 4.09. The molecule has 1 saturated heterocycles. The first-order valence-corrected chi connectivity index (χ1v) is 8.93. The van der Waals surface area contributed by atoms with Crippen molar-refractivity contribution in [2.75, 3.05) is 32.8 Å². The van der Waals surface area contributed by atoms with E-state index in [0.29, 0.717) is 49.3 Å². The van der Waals surface area contributed by atoms with Crippen LogP contribution in [0.2, 0.25) is 0 Å². The Hall–Kier alpha value is -2.61. The average Bonchev–Trinajstić information content (AvgIpc) is 3.15. The van der Waals surface area contributed by atoms with Crippen LogP contribution in [0.4, 0.5) is 4.79 Å². The second-order valence-electron chi connectivity index (χ2n) is 5.40. The number of thiazole rings is 1. The van der Waals surface area contributed by atoms with Gasteiger partial charge in [0.1, 0.15) is 5.75 Å². The lowest BCUT2D eigenvalue weighted by Gasteiger charge is -2.34. The maximum atomic E-state index is 12.6. The summed E-state index contributed by atoms with van der Waals surface area (Å²) in [5.41, 5.74) is 0.594. The molecule has 1 aliphatic rings. The third kappa shape index (κ3) is 4.27. The Morgan fingerprint density at radius 3 is 2.40 bits per heavy atom. The van der Waals surface area contributed by atoms with Crippen molar-refractivity contribution >= 4 is 23.3 Å². The molecule has 0 atom stereocenters. The maximum absolute atomic E-state index is 12.6. The summed E-state index contributed by atoms with van der Waals surface area (Å²) in [6.07, 6.45) is 1.35. The topological polar surface area (TPSA) is 72.0 Å². The van der Waals surface area contributed by atoms with Crippen molar-refractivity contribution in [3.63, 3.8) is 0 Å². The van der Waals surface area contributed by atoms with Gasteiger partial charge in [-0.25, -0.2) is 9.78 Å². The molecule has 1 aromatic heterocycles. The fourth-order valence-electron chi connectivity index (χ4n) is 2.52. The van der Waals surface area contributed by atoms with Crippen LogP contribution in [-0.2, 0) is 4.74 Å². The molecule has 0 spiro atoms. The van der Waals surface area contributed by atoms with Crippen molar-refractivity contribution in [3.05, 3.63) is 41.4 Å². The largest absolute Gasteiger partial charge is 0.450 e. The molecule has 0 aliphatic carbocycles. The lowest BCUT2D eigenvalue weighted by atomic mass is 10.1. The Labute approximate surface area is 149 Å². The van der Waals surface area contributed by atoms with Crippen LogP contribution in [-0.4, -0.2) is 59.6 Å². The van der Waals surface area contributed by atoms with E-state index in [1.54, 1.807) is 47.2 Å². The smallest absolute Gasteiger partial charge is 0.409 e. The van der Waals surface area contributed by atoms with E-state index in [0.717, 1.165) is 0 Å². The van der Waals surface area contributed by atoms with E-state index >= 15 is 0 Å². The van der Waals surface area contributed by atoms with Crippen molar-refractivity contribution in [1.82, 2.24) is 14.8 Å². The highest BCUT2D eigenvalue weighted by Crippen LogP contribution is 2.23. The van der Waals surface area contributed by atoms with E-state index in [4.69, 9.17) is 9.47 Å². The zero-order valence-corrected chi connectivity index (χ0v) is 14.7. The molecule has 3 rings (SSSR count). The fourth-order valence-corrected chi connectivity index (χ4v) is 3.02. The Morgan fingerprint density at radius 1 is 1.12 bits per heavy atom. The van der Waals surface area contributed by atoms with Gasteiger partial charge in [0, 0.05) is 43.3 Å². The molecule has 2 aromatic rings. The predicted molar refractivity (Wildman–Crippen MR) is 93.1 cm³/mol. The lowest BCUT2D eigenvalue weighted by Crippen LogP contribution is -2.50. The number of hydrogen-bond donors (Lipinski definition) is 0. The first-order valence-electron chi connectivity index (χ1n) is 8.05. The van der Waals surface area contributed by atoms with Crippen molar-refractivity contribution in [3.8, 4) is 10.9 Å². The monoisotopic (exact) mass is 361 g/mol.